The summed E-state index contributed by atoms with van der Waals surface area (Å²) >= 11 is 0. The summed E-state index contributed by atoms with van der Waals surface area (Å²) in [4.78, 5) is 46.0. The highest BCUT2D eigenvalue weighted by Gasteiger charge is 2.30. The highest BCUT2D eigenvalue weighted by molar-refractivity contribution is 6.04. The van der Waals surface area contributed by atoms with Crippen molar-refractivity contribution in [3.05, 3.63) is 0 Å². The van der Waals surface area contributed by atoms with E-state index in [4.69, 9.17) is 5.11 Å². The number of amides is 4. The number of nitrogens with zero attached hydrogens (tertiary/aromatic N) is 1. The standard InChI is InChI=1S/C13H21N3O5/c1-8(2)3-9(4-12(19)20)5-14-10(17)7-16-11(18)6-15-13(16)21/h8-9H,3-7H2,1-2H3,(H,14,17)(H,15,21)(H,19,20)/t9-/m0/s1. The molecule has 1 atom stereocenters. The third-order valence-corrected chi connectivity index (χ3v) is 3.09. The average Bonchev–Trinajstić information content (AvgIpc) is 2.66. The number of imide groups is 1. The van der Waals surface area contributed by atoms with E-state index in [9.17, 15) is 19.2 Å². The van der Waals surface area contributed by atoms with Crippen molar-refractivity contribution < 1.29 is 24.3 Å². The molecule has 3 N–H and O–H groups in total. The first-order chi connectivity index (χ1) is 9.79. The number of rotatable bonds is 8. The van der Waals surface area contributed by atoms with E-state index < -0.39 is 23.8 Å². The van der Waals surface area contributed by atoms with Crippen LogP contribution in [0.3, 0.4) is 0 Å². The van der Waals surface area contributed by atoms with Crippen LogP contribution >= 0.6 is 0 Å². The van der Waals surface area contributed by atoms with Crippen LogP contribution in [0, 0.1) is 11.8 Å². The van der Waals surface area contributed by atoms with Crippen molar-refractivity contribution in [1.29, 1.82) is 0 Å². The summed E-state index contributed by atoms with van der Waals surface area (Å²) in [5.41, 5.74) is 0. The molecule has 4 amide bonds. The van der Waals surface area contributed by atoms with Crippen LogP contribution in [0.1, 0.15) is 26.7 Å². The maximum absolute atomic E-state index is 11.7. The van der Waals surface area contributed by atoms with Crippen LogP contribution in [0.25, 0.3) is 0 Å². The number of hydrogen-bond donors (Lipinski definition) is 3. The van der Waals surface area contributed by atoms with Crippen LogP contribution in [0.2, 0.25) is 0 Å². The van der Waals surface area contributed by atoms with Crippen LogP contribution in [0.5, 0.6) is 0 Å². The summed E-state index contributed by atoms with van der Waals surface area (Å²) in [6.07, 6.45) is 0.650. The summed E-state index contributed by atoms with van der Waals surface area (Å²) in [7, 11) is 0. The average molecular weight is 299 g/mol. The smallest absolute Gasteiger partial charge is 0.325 e. The fourth-order valence-corrected chi connectivity index (χ4v) is 2.23. The van der Waals surface area contributed by atoms with Gasteiger partial charge in [0.1, 0.15) is 6.54 Å². The lowest BCUT2D eigenvalue weighted by atomic mass is 9.94. The van der Waals surface area contributed by atoms with E-state index in [1.807, 2.05) is 13.8 Å². The van der Waals surface area contributed by atoms with Gasteiger partial charge in [0.15, 0.2) is 0 Å². The summed E-state index contributed by atoms with van der Waals surface area (Å²) in [6, 6.07) is -0.584. The Morgan fingerprint density at radius 3 is 2.52 bits per heavy atom. The fraction of sp³-hybridized carbons (Fsp3) is 0.692. The zero-order valence-corrected chi connectivity index (χ0v) is 12.2. The second kappa shape index (κ2) is 7.61. The van der Waals surface area contributed by atoms with E-state index in [0.717, 1.165) is 4.90 Å². The molecule has 0 spiro atoms. The van der Waals surface area contributed by atoms with Gasteiger partial charge in [-0.05, 0) is 18.3 Å². The molecule has 1 aliphatic heterocycles. The van der Waals surface area contributed by atoms with Gasteiger partial charge in [0, 0.05) is 13.0 Å². The maximum atomic E-state index is 11.7. The van der Waals surface area contributed by atoms with E-state index in [1.54, 1.807) is 0 Å². The number of carboxylic acids is 1. The summed E-state index contributed by atoms with van der Waals surface area (Å²) in [5, 5.41) is 13.7. The second-order valence-electron chi connectivity index (χ2n) is 5.54. The van der Waals surface area contributed by atoms with Crippen molar-refractivity contribution in [2.75, 3.05) is 19.6 Å². The molecule has 1 fully saturated rings. The van der Waals surface area contributed by atoms with E-state index in [2.05, 4.69) is 10.6 Å². The zero-order chi connectivity index (χ0) is 16.0. The lowest BCUT2D eigenvalue weighted by Crippen LogP contribution is -2.42. The summed E-state index contributed by atoms with van der Waals surface area (Å²) in [6.45, 7) is 3.73. The van der Waals surface area contributed by atoms with Crippen molar-refractivity contribution in [1.82, 2.24) is 15.5 Å². The molecular formula is C13H21N3O5. The number of carbonyl (C=O) groups excluding carboxylic acids is 3. The maximum Gasteiger partial charge on any atom is 0.325 e. The molecule has 8 nitrogen and oxygen atoms in total. The molecule has 0 aromatic rings. The highest BCUT2D eigenvalue weighted by atomic mass is 16.4. The summed E-state index contributed by atoms with van der Waals surface area (Å²) < 4.78 is 0. The van der Waals surface area contributed by atoms with Gasteiger partial charge in [0.25, 0.3) is 5.91 Å². The van der Waals surface area contributed by atoms with Crippen LogP contribution in [-0.4, -0.2) is 53.5 Å². The first kappa shape index (κ1) is 16.9. The van der Waals surface area contributed by atoms with Gasteiger partial charge >= 0.3 is 12.0 Å². The molecule has 0 aromatic heterocycles. The predicted molar refractivity (Wildman–Crippen MR) is 73.3 cm³/mol. The van der Waals surface area contributed by atoms with Crippen molar-refractivity contribution in [2.24, 2.45) is 11.8 Å². The van der Waals surface area contributed by atoms with E-state index in [-0.39, 0.29) is 32.0 Å². The predicted octanol–water partition coefficient (Wildman–Crippen LogP) is -0.209. The third-order valence-electron chi connectivity index (χ3n) is 3.09. The van der Waals surface area contributed by atoms with Crippen molar-refractivity contribution >= 4 is 23.8 Å². The lowest BCUT2D eigenvalue weighted by molar-refractivity contribution is -0.138. The Morgan fingerprint density at radius 1 is 1.38 bits per heavy atom. The number of hydrogen-bond acceptors (Lipinski definition) is 4. The minimum absolute atomic E-state index is 0.0262. The molecule has 0 saturated carbocycles. The molecule has 0 unspecified atom stereocenters. The zero-order valence-electron chi connectivity index (χ0n) is 12.2. The molecule has 1 saturated heterocycles. The first-order valence-electron chi connectivity index (χ1n) is 6.86. The Bertz CT molecular complexity index is 420. The Kier molecular flexibility index (Phi) is 6.13. The van der Waals surface area contributed by atoms with Gasteiger partial charge in [0.2, 0.25) is 5.91 Å². The van der Waals surface area contributed by atoms with Gasteiger partial charge in [-0.1, -0.05) is 13.8 Å². The second-order valence-corrected chi connectivity index (χ2v) is 5.54. The van der Waals surface area contributed by atoms with E-state index in [1.165, 1.54) is 0 Å². The van der Waals surface area contributed by atoms with Crippen LogP contribution < -0.4 is 10.6 Å². The van der Waals surface area contributed by atoms with Crippen LogP contribution in [-0.2, 0) is 14.4 Å². The first-order valence-corrected chi connectivity index (χ1v) is 6.86. The van der Waals surface area contributed by atoms with Crippen molar-refractivity contribution in [3.8, 4) is 0 Å². The fourth-order valence-electron chi connectivity index (χ4n) is 2.23. The largest absolute Gasteiger partial charge is 0.481 e. The lowest BCUT2D eigenvalue weighted by Gasteiger charge is -2.18. The van der Waals surface area contributed by atoms with Gasteiger partial charge in [-0.15, -0.1) is 0 Å². The summed E-state index contributed by atoms with van der Waals surface area (Å²) in [5.74, 6) is -1.69. The number of carbonyl (C=O) groups is 4. The van der Waals surface area contributed by atoms with E-state index >= 15 is 0 Å². The van der Waals surface area contributed by atoms with E-state index in [0.29, 0.717) is 12.3 Å². The van der Waals surface area contributed by atoms with Gasteiger partial charge in [-0.3, -0.25) is 19.3 Å². The highest BCUT2D eigenvalue weighted by Crippen LogP contribution is 2.14. The molecule has 1 rings (SSSR count). The monoisotopic (exact) mass is 299 g/mol. The quantitative estimate of drug-likeness (QED) is 0.536. The number of urea groups is 1. The normalized spacial score (nSPS) is 16.0. The minimum atomic E-state index is -0.913. The molecular weight excluding hydrogens is 278 g/mol. The Hall–Kier alpha value is -2.12. The number of aliphatic carboxylic acids is 1. The molecule has 0 radical (unpaired) electrons. The molecule has 1 heterocycles. The van der Waals surface area contributed by atoms with Gasteiger partial charge in [0.05, 0.1) is 6.54 Å². The van der Waals surface area contributed by atoms with Gasteiger partial charge in [-0.2, -0.15) is 0 Å². The van der Waals surface area contributed by atoms with Crippen molar-refractivity contribution in [3.63, 3.8) is 0 Å². The molecule has 118 valence electrons. The topological polar surface area (TPSA) is 116 Å². The number of carboxylic acid groups (broad SMARTS) is 1. The third kappa shape index (κ3) is 5.80. The van der Waals surface area contributed by atoms with Gasteiger partial charge < -0.3 is 15.7 Å². The molecule has 8 heteroatoms. The molecule has 0 aromatic carbocycles. The minimum Gasteiger partial charge on any atom is -0.481 e. The van der Waals surface area contributed by atoms with Crippen LogP contribution in [0.4, 0.5) is 4.79 Å². The SMILES string of the molecule is CC(C)C[C@H](CNC(=O)CN1C(=O)CNC1=O)CC(=O)O. The van der Waals surface area contributed by atoms with Gasteiger partial charge in [-0.25, -0.2) is 4.79 Å². The Balaban J connectivity index is 2.43. The molecule has 1 aliphatic rings. The molecule has 21 heavy (non-hydrogen) atoms. The number of nitrogens with one attached hydrogen (secondary N) is 2. The molecule has 0 bridgehead atoms. The Labute approximate surface area is 122 Å². The van der Waals surface area contributed by atoms with Crippen LogP contribution in [0.15, 0.2) is 0 Å². The Morgan fingerprint density at radius 2 is 2.05 bits per heavy atom. The molecule has 0 aliphatic carbocycles. The van der Waals surface area contributed by atoms with Crippen molar-refractivity contribution in [2.45, 2.75) is 26.7 Å².